The summed E-state index contributed by atoms with van der Waals surface area (Å²) in [4.78, 5) is 11.1. The van der Waals surface area contributed by atoms with Crippen molar-refractivity contribution in [3.8, 4) is 5.75 Å². The van der Waals surface area contributed by atoms with Gasteiger partial charge in [0.2, 0.25) is 0 Å². The summed E-state index contributed by atoms with van der Waals surface area (Å²) >= 11 is 0. The van der Waals surface area contributed by atoms with E-state index in [1.807, 2.05) is 19.1 Å². The Hall–Kier alpha value is -1.55. The number of methoxy groups -OCH3 is 1. The third-order valence-corrected chi connectivity index (χ3v) is 1.70. The van der Waals surface area contributed by atoms with Crippen molar-refractivity contribution in [2.75, 3.05) is 20.3 Å². The van der Waals surface area contributed by atoms with E-state index in [2.05, 4.69) is 0 Å². The fraction of sp³-hybridized carbons (Fsp3) is 0.364. The molecule has 0 aliphatic heterocycles. The second-order valence-electron chi connectivity index (χ2n) is 3.01. The molecule has 0 aliphatic carbocycles. The van der Waals surface area contributed by atoms with E-state index in [0.717, 1.165) is 5.56 Å². The molecule has 1 aromatic rings. The number of carbonyl (C=O) groups is 1. The highest BCUT2D eigenvalue weighted by atomic mass is 16.7. The minimum absolute atomic E-state index is 0.196. The first-order chi connectivity index (χ1) is 7.22. The van der Waals surface area contributed by atoms with Crippen LogP contribution in [0.3, 0.4) is 0 Å². The molecule has 0 amide bonds. The van der Waals surface area contributed by atoms with Crippen LogP contribution in [0.15, 0.2) is 24.3 Å². The van der Waals surface area contributed by atoms with Gasteiger partial charge in [-0.2, -0.15) is 0 Å². The molecule has 1 rings (SSSR count). The lowest BCUT2D eigenvalue weighted by Crippen LogP contribution is -2.13. The highest BCUT2D eigenvalue weighted by Gasteiger charge is 2.05. The van der Waals surface area contributed by atoms with Gasteiger partial charge in [-0.3, -0.25) is 0 Å². The number of ether oxygens (including phenoxy) is 3. The molecule has 0 unspecified atom stereocenters. The van der Waals surface area contributed by atoms with E-state index in [1.165, 1.54) is 7.11 Å². The quantitative estimate of drug-likeness (QED) is 0.434. The van der Waals surface area contributed by atoms with Crippen molar-refractivity contribution in [3.05, 3.63) is 29.8 Å². The number of hydrogen-bond acceptors (Lipinski definition) is 4. The van der Waals surface area contributed by atoms with Crippen LogP contribution in [0.5, 0.6) is 5.75 Å². The fourth-order valence-corrected chi connectivity index (χ4v) is 1.01. The van der Waals surface area contributed by atoms with Crippen molar-refractivity contribution in [1.29, 1.82) is 0 Å². The van der Waals surface area contributed by atoms with E-state index >= 15 is 0 Å². The molecule has 4 heteroatoms. The molecule has 0 atom stereocenters. The maximum absolute atomic E-state index is 11.1. The van der Waals surface area contributed by atoms with Crippen LogP contribution in [-0.2, 0) is 9.47 Å². The maximum atomic E-state index is 11.1. The van der Waals surface area contributed by atoms with Gasteiger partial charge in [-0.05, 0) is 24.6 Å². The summed E-state index contributed by atoms with van der Waals surface area (Å²) in [5.41, 5.74) is 1.03. The number of hydrogen-bond donors (Lipinski definition) is 0. The van der Waals surface area contributed by atoms with E-state index in [1.54, 1.807) is 12.1 Å². The number of aryl methyl sites for hydroxylation is 1. The van der Waals surface area contributed by atoms with Gasteiger partial charge in [0.1, 0.15) is 12.4 Å². The van der Waals surface area contributed by atoms with Crippen LogP contribution in [-0.4, -0.2) is 26.5 Å². The molecule has 0 aliphatic rings. The molecule has 0 N–H and O–H groups in total. The molecule has 0 radical (unpaired) electrons. The van der Waals surface area contributed by atoms with Gasteiger partial charge in [-0.25, -0.2) is 4.79 Å². The second-order valence-corrected chi connectivity index (χ2v) is 3.01. The van der Waals surface area contributed by atoms with Crippen molar-refractivity contribution in [3.63, 3.8) is 0 Å². The Kier molecular flexibility index (Phi) is 4.63. The van der Waals surface area contributed by atoms with Crippen LogP contribution >= 0.6 is 0 Å². The molecular weight excluding hydrogens is 196 g/mol. The van der Waals surface area contributed by atoms with Crippen molar-refractivity contribution >= 4 is 6.16 Å². The van der Waals surface area contributed by atoms with Crippen LogP contribution in [0.25, 0.3) is 0 Å². The third-order valence-electron chi connectivity index (χ3n) is 1.70. The summed E-state index contributed by atoms with van der Waals surface area (Å²) in [5.74, 6) is 0.484. The lowest BCUT2D eigenvalue weighted by Gasteiger charge is -2.05. The first-order valence-corrected chi connectivity index (χ1v) is 4.62. The van der Waals surface area contributed by atoms with Crippen molar-refractivity contribution < 1.29 is 19.0 Å². The summed E-state index contributed by atoms with van der Waals surface area (Å²) in [6.07, 6.45) is -0.711. The standard InChI is InChI=1S/C11H14O4/c1-9-4-3-5-10(8-9)15-11(12)14-7-6-13-2/h3-5,8H,6-7H2,1-2H3. The largest absolute Gasteiger partial charge is 0.513 e. The van der Waals surface area contributed by atoms with Gasteiger partial charge < -0.3 is 14.2 Å². The van der Waals surface area contributed by atoms with Crippen LogP contribution < -0.4 is 4.74 Å². The fourth-order valence-electron chi connectivity index (χ4n) is 1.01. The average molecular weight is 210 g/mol. The number of carbonyl (C=O) groups excluding carboxylic acids is 1. The zero-order valence-electron chi connectivity index (χ0n) is 8.86. The third kappa shape index (κ3) is 4.46. The van der Waals surface area contributed by atoms with E-state index in [9.17, 15) is 4.79 Å². The van der Waals surface area contributed by atoms with Gasteiger partial charge in [0.15, 0.2) is 0 Å². The molecule has 0 spiro atoms. The van der Waals surface area contributed by atoms with Gasteiger partial charge in [-0.15, -0.1) is 0 Å². The molecule has 0 bridgehead atoms. The first-order valence-electron chi connectivity index (χ1n) is 4.62. The molecule has 0 fully saturated rings. The van der Waals surface area contributed by atoms with E-state index in [0.29, 0.717) is 12.4 Å². The Bertz CT molecular complexity index is 322. The second kappa shape index (κ2) is 6.03. The summed E-state index contributed by atoms with van der Waals surface area (Å²) in [6.45, 7) is 2.48. The van der Waals surface area contributed by atoms with E-state index in [4.69, 9.17) is 14.2 Å². The Morgan fingerprint density at radius 2 is 2.13 bits per heavy atom. The minimum atomic E-state index is -0.711. The molecule has 82 valence electrons. The molecule has 15 heavy (non-hydrogen) atoms. The van der Waals surface area contributed by atoms with Crippen molar-refractivity contribution in [2.45, 2.75) is 6.92 Å². The van der Waals surface area contributed by atoms with E-state index < -0.39 is 6.16 Å². The maximum Gasteiger partial charge on any atom is 0.513 e. The van der Waals surface area contributed by atoms with E-state index in [-0.39, 0.29) is 6.61 Å². The van der Waals surface area contributed by atoms with Crippen LogP contribution in [0.2, 0.25) is 0 Å². The number of rotatable bonds is 4. The van der Waals surface area contributed by atoms with Crippen LogP contribution in [0.4, 0.5) is 4.79 Å². The van der Waals surface area contributed by atoms with Crippen molar-refractivity contribution in [2.24, 2.45) is 0 Å². The molecule has 0 aromatic heterocycles. The summed E-state index contributed by atoms with van der Waals surface area (Å²) < 4.78 is 14.4. The van der Waals surface area contributed by atoms with Crippen LogP contribution in [0.1, 0.15) is 5.56 Å². The van der Waals surface area contributed by atoms with Crippen molar-refractivity contribution in [1.82, 2.24) is 0 Å². The number of benzene rings is 1. The average Bonchev–Trinajstić information content (AvgIpc) is 2.18. The Labute approximate surface area is 88.8 Å². The SMILES string of the molecule is COCCOC(=O)Oc1cccc(C)c1. The highest BCUT2D eigenvalue weighted by molar-refractivity contribution is 5.63. The molecule has 1 aromatic carbocycles. The van der Waals surface area contributed by atoms with Gasteiger partial charge >= 0.3 is 6.16 Å². The summed E-state index contributed by atoms with van der Waals surface area (Å²) in [5, 5.41) is 0. The highest BCUT2D eigenvalue weighted by Crippen LogP contribution is 2.12. The predicted molar refractivity (Wildman–Crippen MR) is 55.0 cm³/mol. The molecule has 0 saturated carbocycles. The molecular formula is C11H14O4. The molecule has 0 saturated heterocycles. The Balaban J connectivity index is 2.37. The first kappa shape index (κ1) is 11.5. The van der Waals surface area contributed by atoms with Gasteiger partial charge in [-0.1, -0.05) is 12.1 Å². The molecule has 0 heterocycles. The minimum Gasteiger partial charge on any atom is -0.432 e. The zero-order valence-corrected chi connectivity index (χ0v) is 8.86. The normalized spacial score (nSPS) is 9.73. The lowest BCUT2D eigenvalue weighted by atomic mass is 10.2. The molecule has 4 nitrogen and oxygen atoms in total. The summed E-state index contributed by atoms with van der Waals surface area (Å²) in [6, 6.07) is 7.19. The van der Waals surface area contributed by atoms with Crippen LogP contribution in [0, 0.1) is 6.92 Å². The predicted octanol–water partition coefficient (Wildman–Crippen LogP) is 2.16. The monoisotopic (exact) mass is 210 g/mol. The Morgan fingerprint density at radius 1 is 1.33 bits per heavy atom. The Morgan fingerprint density at radius 3 is 2.80 bits per heavy atom. The zero-order chi connectivity index (χ0) is 11.1. The van der Waals surface area contributed by atoms with Gasteiger partial charge in [0.25, 0.3) is 0 Å². The lowest BCUT2D eigenvalue weighted by molar-refractivity contribution is 0.0685. The summed E-state index contributed by atoms with van der Waals surface area (Å²) in [7, 11) is 1.54. The smallest absolute Gasteiger partial charge is 0.432 e. The van der Waals surface area contributed by atoms with Gasteiger partial charge in [0, 0.05) is 7.11 Å². The van der Waals surface area contributed by atoms with Gasteiger partial charge in [0.05, 0.1) is 6.61 Å². The topological polar surface area (TPSA) is 44.8 Å².